The van der Waals surface area contributed by atoms with Crippen LogP contribution >= 0.6 is 0 Å². The number of piperidine rings is 1. The highest BCUT2D eigenvalue weighted by atomic mass is 16.2. The van der Waals surface area contributed by atoms with Gasteiger partial charge in [0.05, 0.1) is 5.69 Å². The number of nitrogens with zero attached hydrogens (tertiary/aromatic N) is 3. The van der Waals surface area contributed by atoms with Crippen molar-refractivity contribution >= 4 is 34.6 Å². The maximum atomic E-state index is 13.1. The molecule has 1 aromatic heterocycles. The molecular weight excluding hydrogens is 526 g/mol. The van der Waals surface area contributed by atoms with Gasteiger partial charge < -0.3 is 20.1 Å². The summed E-state index contributed by atoms with van der Waals surface area (Å²) in [5, 5.41) is 6.21. The summed E-state index contributed by atoms with van der Waals surface area (Å²) < 4.78 is 1.51. The Kier molecular flexibility index (Phi) is 7.98. The molecule has 0 atom stereocenters. The van der Waals surface area contributed by atoms with Gasteiger partial charge in [-0.1, -0.05) is 45.0 Å². The summed E-state index contributed by atoms with van der Waals surface area (Å²) in [6, 6.07) is 21.1. The number of Topliss-reactive ketones (excluding diaryl/α,β-unsaturated/α-hetero) is 1. The van der Waals surface area contributed by atoms with Gasteiger partial charge in [0.25, 0.3) is 11.5 Å². The Morgan fingerprint density at radius 1 is 0.905 bits per heavy atom. The Labute approximate surface area is 246 Å². The highest BCUT2D eigenvalue weighted by molar-refractivity contribution is 6.05. The van der Waals surface area contributed by atoms with Gasteiger partial charge in [-0.05, 0) is 65.9 Å². The predicted octanol–water partition coefficient (Wildman–Crippen LogP) is 6.22. The number of aryl methyl sites for hydroxylation is 1. The van der Waals surface area contributed by atoms with Crippen LogP contribution in [0, 0.1) is 6.92 Å². The number of rotatable bonds is 6. The monoisotopic (exact) mass is 563 g/mol. The third-order valence-electron chi connectivity index (χ3n) is 7.76. The van der Waals surface area contributed by atoms with E-state index in [4.69, 9.17) is 0 Å². The summed E-state index contributed by atoms with van der Waals surface area (Å²) in [5.41, 5.74) is 6.23. The zero-order chi connectivity index (χ0) is 30.0. The van der Waals surface area contributed by atoms with Crippen molar-refractivity contribution in [2.24, 2.45) is 7.05 Å². The number of carbonyl (C=O) groups excluding carboxylic acids is 2. The molecule has 1 aliphatic heterocycles. The topological polar surface area (TPSA) is 96.3 Å². The first-order valence-corrected chi connectivity index (χ1v) is 14.2. The largest absolute Gasteiger partial charge is 0.371 e. The highest BCUT2D eigenvalue weighted by Gasteiger charge is 2.18. The van der Waals surface area contributed by atoms with E-state index in [-0.39, 0.29) is 22.7 Å². The molecule has 0 radical (unpaired) electrons. The number of aromatic nitrogens is 2. The summed E-state index contributed by atoms with van der Waals surface area (Å²) in [4.78, 5) is 44.5. The van der Waals surface area contributed by atoms with Gasteiger partial charge in [-0.15, -0.1) is 0 Å². The van der Waals surface area contributed by atoms with Gasteiger partial charge in [0, 0.05) is 67.4 Å². The van der Waals surface area contributed by atoms with E-state index < -0.39 is 0 Å². The van der Waals surface area contributed by atoms with E-state index in [9.17, 15) is 14.4 Å². The number of anilines is 4. The summed E-state index contributed by atoms with van der Waals surface area (Å²) in [6.07, 6.45) is 2.84. The second-order valence-electron chi connectivity index (χ2n) is 11.8. The fourth-order valence-corrected chi connectivity index (χ4v) is 5.09. The highest BCUT2D eigenvalue weighted by Crippen LogP contribution is 2.29. The number of hydrogen-bond donors (Lipinski definition) is 2. The molecule has 1 saturated heterocycles. The summed E-state index contributed by atoms with van der Waals surface area (Å²) in [6.45, 7) is 9.80. The van der Waals surface area contributed by atoms with E-state index in [1.165, 1.54) is 4.57 Å². The molecule has 2 heterocycles. The number of carbonyl (C=O) groups is 2. The van der Waals surface area contributed by atoms with Crippen molar-refractivity contribution in [2.75, 3.05) is 28.6 Å². The molecule has 1 amide bonds. The lowest BCUT2D eigenvalue weighted by atomic mass is 9.86. The molecule has 0 saturated carbocycles. The lowest BCUT2D eigenvalue weighted by Gasteiger charge is -2.28. The average Bonchev–Trinajstić information content (AvgIpc) is 2.97. The molecule has 2 N–H and O–H groups in total. The normalized spacial score (nSPS) is 13.6. The minimum Gasteiger partial charge on any atom is -0.371 e. The van der Waals surface area contributed by atoms with Crippen LogP contribution in [0.1, 0.15) is 55.1 Å². The van der Waals surface area contributed by atoms with Crippen LogP contribution in [0.15, 0.2) is 77.7 Å². The van der Waals surface area contributed by atoms with Gasteiger partial charge in [0.1, 0.15) is 5.78 Å². The number of benzene rings is 3. The van der Waals surface area contributed by atoms with Gasteiger partial charge in [-0.25, -0.2) is 4.98 Å². The van der Waals surface area contributed by atoms with Crippen LogP contribution in [0.2, 0.25) is 0 Å². The quantitative estimate of drug-likeness (QED) is 0.289. The number of amides is 1. The third-order valence-corrected chi connectivity index (χ3v) is 7.76. The molecule has 0 aliphatic carbocycles. The van der Waals surface area contributed by atoms with Gasteiger partial charge in [0.2, 0.25) is 0 Å². The number of ketones is 1. The van der Waals surface area contributed by atoms with Crippen LogP contribution in [-0.4, -0.2) is 34.3 Å². The molecule has 8 heteroatoms. The summed E-state index contributed by atoms with van der Waals surface area (Å²) in [5.74, 6) is 0.325. The summed E-state index contributed by atoms with van der Waals surface area (Å²) >= 11 is 0. The predicted molar refractivity (Wildman–Crippen MR) is 169 cm³/mol. The Hall–Kier alpha value is -4.72. The van der Waals surface area contributed by atoms with Crippen LogP contribution in [-0.2, 0) is 17.3 Å². The lowest BCUT2D eigenvalue weighted by Crippen LogP contribution is -2.33. The van der Waals surface area contributed by atoms with E-state index in [1.54, 1.807) is 13.2 Å². The average molecular weight is 564 g/mol. The van der Waals surface area contributed by atoms with Crippen molar-refractivity contribution in [1.82, 2.24) is 9.55 Å². The zero-order valence-electron chi connectivity index (χ0n) is 24.8. The molecule has 1 fully saturated rings. The molecule has 216 valence electrons. The molecule has 0 unspecified atom stereocenters. The van der Waals surface area contributed by atoms with Crippen molar-refractivity contribution < 1.29 is 9.59 Å². The number of nitrogens with one attached hydrogen (secondary N) is 2. The van der Waals surface area contributed by atoms with Crippen LogP contribution in [0.3, 0.4) is 0 Å². The molecule has 0 spiro atoms. The molecular formula is C34H37N5O3. The molecule has 42 heavy (non-hydrogen) atoms. The maximum absolute atomic E-state index is 13.1. The van der Waals surface area contributed by atoms with Gasteiger partial charge in [-0.3, -0.25) is 14.4 Å². The maximum Gasteiger partial charge on any atom is 0.293 e. The van der Waals surface area contributed by atoms with Crippen molar-refractivity contribution in [2.45, 2.75) is 46.0 Å². The lowest BCUT2D eigenvalue weighted by molar-refractivity contribution is -0.119. The van der Waals surface area contributed by atoms with E-state index in [0.717, 1.165) is 41.2 Å². The molecule has 3 aromatic carbocycles. The van der Waals surface area contributed by atoms with Crippen LogP contribution in [0.25, 0.3) is 11.3 Å². The van der Waals surface area contributed by atoms with Crippen LogP contribution in [0.4, 0.5) is 22.9 Å². The third kappa shape index (κ3) is 6.28. The van der Waals surface area contributed by atoms with E-state index in [1.807, 2.05) is 73.7 Å². The minimum atomic E-state index is -0.252. The Morgan fingerprint density at radius 2 is 1.57 bits per heavy atom. The first-order chi connectivity index (χ1) is 20.0. The van der Waals surface area contributed by atoms with Gasteiger partial charge in [-0.2, -0.15) is 0 Å². The molecule has 1 aliphatic rings. The van der Waals surface area contributed by atoms with Crippen molar-refractivity contribution in [3.05, 3.63) is 100.0 Å². The Balaban J connectivity index is 1.36. The van der Waals surface area contributed by atoms with Crippen LogP contribution in [0.5, 0.6) is 0 Å². The Morgan fingerprint density at radius 3 is 2.21 bits per heavy atom. The standard InChI is InChI=1S/C34H37N5O3/c1-22-28(7-6-8-29(22)37-32(41)23-9-11-24(12-10-23)34(2,3)4)30-21-38(5)33(42)31(36-30)35-25-13-15-26(16-14-25)39-19-17-27(40)18-20-39/h6-16,21H,17-20H2,1-5H3,(H,35,36)(H,37,41). The second kappa shape index (κ2) is 11.6. The Bertz CT molecular complexity index is 1670. The first kappa shape index (κ1) is 28.8. The fraction of sp³-hybridized carbons (Fsp3) is 0.294. The minimum absolute atomic E-state index is 0.00957. The van der Waals surface area contributed by atoms with E-state index in [2.05, 4.69) is 41.3 Å². The fourth-order valence-electron chi connectivity index (χ4n) is 5.09. The van der Waals surface area contributed by atoms with Gasteiger partial charge in [0.15, 0.2) is 5.82 Å². The van der Waals surface area contributed by atoms with Crippen molar-refractivity contribution in [3.63, 3.8) is 0 Å². The molecule has 4 aromatic rings. The zero-order valence-corrected chi connectivity index (χ0v) is 24.8. The number of hydrogen-bond acceptors (Lipinski definition) is 6. The molecule has 8 nitrogen and oxygen atoms in total. The van der Waals surface area contributed by atoms with E-state index >= 15 is 0 Å². The van der Waals surface area contributed by atoms with Crippen molar-refractivity contribution in [3.8, 4) is 11.3 Å². The SMILES string of the molecule is Cc1c(NC(=O)c2ccc(C(C)(C)C)cc2)cccc1-c1cn(C)c(=O)c(Nc2ccc(N3CCC(=O)CC3)cc2)n1. The second-order valence-corrected chi connectivity index (χ2v) is 11.8. The first-order valence-electron chi connectivity index (χ1n) is 14.2. The van der Waals surface area contributed by atoms with Crippen molar-refractivity contribution in [1.29, 1.82) is 0 Å². The van der Waals surface area contributed by atoms with E-state index in [0.29, 0.717) is 35.6 Å². The van der Waals surface area contributed by atoms with Crippen LogP contribution < -0.4 is 21.1 Å². The van der Waals surface area contributed by atoms with Gasteiger partial charge >= 0.3 is 0 Å². The molecule has 5 rings (SSSR count). The smallest absolute Gasteiger partial charge is 0.293 e. The summed E-state index contributed by atoms with van der Waals surface area (Å²) in [7, 11) is 1.70. The molecule has 0 bridgehead atoms.